The third-order valence-corrected chi connectivity index (χ3v) is 2.75. The number of nitrogens with one attached hydrogen (secondary N) is 1. The highest BCUT2D eigenvalue weighted by molar-refractivity contribution is 7.91. The van der Waals surface area contributed by atoms with E-state index in [0.717, 1.165) is 11.8 Å². The molecule has 0 aliphatic carbocycles. The van der Waals surface area contributed by atoms with Crippen molar-refractivity contribution in [3.05, 3.63) is 23.8 Å². The zero-order chi connectivity index (χ0) is 12.3. The molecule has 6 heteroatoms. The lowest BCUT2D eigenvalue weighted by atomic mass is 10.1. The Hall–Kier alpha value is -1.56. The number of hydrogen-bond acceptors (Lipinski definition) is 4. The van der Waals surface area contributed by atoms with E-state index in [1.165, 1.54) is 0 Å². The average molecular weight is 242 g/mol. The number of rotatable bonds is 3. The number of carbonyl (C=O) groups is 1. The second-order valence-electron chi connectivity index (χ2n) is 3.66. The van der Waals surface area contributed by atoms with Crippen LogP contribution in [-0.4, -0.2) is 26.3 Å². The van der Waals surface area contributed by atoms with Crippen LogP contribution in [-0.2, 0) is 14.6 Å². The normalized spacial score (nSPS) is 11.1. The smallest absolute Gasteiger partial charge is 0.239 e. The minimum Gasteiger partial charge on any atom is -0.397 e. The van der Waals surface area contributed by atoms with E-state index in [-0.39, 0.29) is 0 Å². The highest BCUT2D eigenvalue weighted by atomic mass is 32.2. The summed E-state index contributed by atoms with van der Waals surface area (Å²) in [4.78, 5) is 11.4. The van der Waals surface area contributed by atoms with Crippen LogP contribution in [0.3, 0.4) is 0 Å². The zero-order valence-electron chi connectivity index (χ0n) is 9.15. The monoisotopic (exact) mass is 242 g/mol. The van der Waals surface area contributed by atoms with Crippen molar-refractivity contribution < 1.29 is 13.2 Å². The Balaban J connectivity index is 2.86. The van der Waals surface area contributed by atoms with Gasteiger partial charge < -0.3 is 11.1 Å². The van der Waals surface area contributed by atoms with Crippen molar-refractivity contribution in [3.63, 3.8) is 0 Å². The molecule has 0 aliphatic heterocycles. The van der Waals surface area contributed by atoms with Gasteiger partial charge in [0.1, 0.15) is 5.75 Å². The summed E-state index contributed by atoms with van der Waals surface area (Å²) in [6.45, 7) is 1.78. The fourth-order valence-corrected chi connectivity index (χ4v) is 1.82. The first-order valence-corrected chi connectivity index (χ1v) is 6.68. The lowest BCUT2D eigenvalue weighted by Gasteiger charge is -2.10. The van der Waals surface area contributed by atoms with Gasteiger partial charge in [0.2, 0.25) is 5.91 Å². The molecule has 0 unspecified atom stereocenters. The van der Waals surface area contributed by atoms with E-state index >= 15 is 0 Å². The standard InChI is InChI=1S/C10H14N2O3S/c1-7-4-3-5-8(11)10(7)12-9(13)6-16(2,14)15/h3-5H,6,11H2,1-2H3,(H,12,13). The van der Waals surface area contributed by atoms with Gasteiger partial charge in [-0.05, 0) is 18.6 Å². The highest BCUT2D eigenvalue weighted by Crippen LogP contribution is 2.22. The van der Waals surface area contributed by atoms with Crippen molar-refractivity contribution in [1.82, 2.24) is 0 Å². The van der Waals surface area contributed by atoms with Crippen molar-refractivity contribution in [1.29, 1.82) is 0 Å². The fourth-order valence-electron chi connectivity index (χ4n) is 1.27. The van der Waals surface area contributed by atoms with E-state index in [1.54, 1.807) is 25.1 Å². The molecule has 0 atom stereocenters. The molecule has 0 aliphatic rings. The Morgan fingerprint density at radius 2 is 2.06 bits per heavy atom. The number of sulfone groups is 1. The van der Waals surface area contributed by atoms with Crippen LogP contribution in [0.5, 0.6) is 0 Å². The second kappa shape index (κ2) is 4.52. The predicted molar refractivity (Wildman–Crippen MR) is 63.9 cm³/mol. The van der Waals surface area contributed by atoms with Gasteiger partial charge in [-0.2, -0.15) is 0 Å². The largest absolute Gasteiger partial charge is 0.397 e. The molecule has 1 rings (SSSR count). The summed E-state index contributed by atoms with van der Waals surface area (Å²) < 4.78 is 21.8. The fraction of sp³-hybridized carbons (Fsp3) is 0.300. The molecule has 0 aromatic heterocycles. The molecule has 5 nitrogen and oxygen atoms in total. The molecule has 0 spiro atoms. The molecular formula is C10H14N2O3S. The molecule has 0 fully saturated rings. The average Bonchev–Trinajstić information content (AvgIpc) is 2.08. The summed E-state index contributed by atoms with van der Waals surface area (Å²) in [6.07, 6.45) is 1.01. The number of hydrogen-bond donors (Lipinski definition) is 2. The van der Waals surface area contributed by atoms with Crippen molar-refractivity contribution in [2.75, 3.05) is 23.1 Å². The van der Waals surface area contributed by atoms with Gasteiger partial charge in [0.05, 0.1) is 11.4 Å². The number of nitrogen functional groups attached to an aromatic ring is 1. The number of amides is 1. The van der Waals surface area contributed by atoms with E-state index in [0.29, 0.717) is 11.4 Å². The van der Waals surface area contributed by atoms with Crippen LogP contribution in [0.1, 0.15) is 5.56 Å². The summed E-state index contributed by atoms with van der Waals surface area (Å²) in [5.41, 5.74) is 7.35. The van der Waals surface area contributed by atoms with Gasteiger partial charge in [-0.25, -0.2) is 8.42 Å². The van der Waals surface area contributed by atoms with Gasteiger partial charge in [-0.3, -0.25) is 4.79 Å². The van der Waals surface area contributed by atoms with Crippen LogP contribution in [0.2, 0.25) is 0 Å². The maximum Gasteiger partial charge on any atom is 0.239 e. The van der Waals surface area contributed by atoms with Crippen LogP contribution < -0.4 is 11.1 Å². The van der Waals surface area contributed by atoms with Gasteiger partial charge in [0.15, 0.2) is 9.84 Å². The molecule has 0 heterocycles. The maximum atomic E-state index is 11.4. The third kappa shape index (κ3) is 3.54. The summed E-state index contributed by atoms with van der Waals surface area (Å²) in [6, 6.07) is 5.19. The first-order valence-electron chi connectivity index (χ1n) is 4.62. The molecule has 1 aromatic carbocycles. The van der Waals surface area contributed by atoms with E-state index in [4.69, 9.17) is 5.73 Å². The summed E-state index contributed by atoms with van der Waals surface area (Å²) in [7, 11) is -3.32. The second-order valence-corrected chi connectivity index (χ2v) is 5.80. The van der Waals surface area contributed by atoms with Crippen molar-refractivity contribution in [2.45, 2.75) is 6.92 Å². The number of aryl methyl sites for hydroxylation is 1. The Morgan fingerprint density at radius 1 is 1.44 bits per heavy atom. The quantitative estimate of drug-likeness (QED) is 0.758. The van der Waals surface area contributed by atoms with Gasteiger partial charge in [0, 0.05) is 6.26 Å². The molecule has 1 amide bonds. The zero-order valence-corrected chi connectivity index (χ0v) is 9.97. The molecule has 16 heavy (non-hydrogen) atoms. The number of anilines is 2. The number of nitrogens with two attached hydrogens (primary N) is 1. The minimum atomic E-state index is -3.32. The molecule has 0 saturated heterocycles. The molecule has 1 aromatic rings. The molecule has 3 N–H and O–H groups in total. The Labute approximate surface area is 94.6 Å². The van der Waals surface area contributed by atoms with Crippen molar-refractivity contribution in [2.24, 2.45) is 0 Å². The lowest BCUT2D eigenvalue weighted by molar-refractivity contribution is -0.113. The Kier molecular flexibility index (Phi) is 3.54. The first-order chi connectivity index (χ1) is 7.29. The van der Waals surface area contributed by atoms with E-state index in [1.807, 2.05) is 0 Å². The molecule has 0 saturated carbocycles. The minimum absolute atomic E-state index is 0.418. The van der Waals surface area contributed by atoms with Gasteiger partial charge in [-0.15, -0.1) is 0 Å². The SMILES string of the molecule is Cc1cccc(N)c1NC(=O)CS(C)(=O)=O. The number of para-hydroxylation sites is 1. The highest BCUT2D eigenvalue weighted by Gasteiger charge is 2.13. The van der Waals surface area contributed by atoms with Gasteiger partial charge in [-0.1, -0.05) is 12.1 Å². The van der Waals surface area contributed by atoms with Crippen LogP contribution in [0.15, 0.2) is 18.2 Å². The first kappa shape index (κ1) is 12.5. The van der Waals surface area contributed by atoms with E-state index in [2.05, 4.69) is 5.32 Å². The predicted octanol–water partition coefficient (Wildman–Crippen LogP) is 0.560. The van der Waals surface area contributed by atoms with Crippen molar-refractivity contribution >= 4 is 27.1 Å². The summed E-state index contributed by atoms with van der Waals surface area (Å²) >= 11 is 0. The van der Waals surface area contributed by atoms with Crippen LogP contribution >= 0.6 is 0 Å². The van der Waals surface area contributed by atoms with Crippen LogP contribution in [0.4, 0.5) is 11.4 Å². The third-order valence-electron chi connectivity index (χ3n) is 1.96. The summed E-state index contributed by atoms with van der Waals surface area (Å²) in [5, 5.41) is 2.49. The Bertz CT molecular complexity index is 489. The topological polar surface area (TPSA) is 89.3 Å². The van der Waals surface area contributed by atoms with Gasteiger partial charge in [0.25, 0.3) is 0 Å². The number of carbonyl (C=O) groups excluding carboxylic acids is 1. The van der Waals surface area contributed by atoms with E-state index < -0.39 is 21.5 Å². The molecular weight excluding hydrogens is 228 g/mol. The summed E-state index contributed by atoms with van der Waals surface area (Å²) in [5.74, 6) is -1.12. The Morgan fingerprint density at radius 3 is 2.56 bits per heavy atom. The number of benzene rings is 1. The molecule has 0 radical (unpaired) electrons. The van der Waals surface area contributed by atoms with Crippen molar-refractivity contribution in [3.8, 4) is 0 Å². The van der Waals surface area contributed by atoms with Gasteiger partial charge >= 0.3 is 0 Å². The lowest BCUT2D eigenvalue weighted by Crippen LogP contribution is -2.22. The molecule has 0 bridgehead atoms. The van der Waals surface area contributed by atoms with E-state index in [9.17, 15) is 13.2 Å². The molecule has 88 valence electrons. The van der Waals surface area contributed by atoms with Crippen LogP contribution in [0.25, 0.3) is 0 Å². The van der Waals surface area contributed by atoms with Crippen LogP contribution in [0, 0.1) is 6.92 Å². The maximum absolute atomic E-state index is 11.4.